The fourth-order valence-electron chi connectivity index (χ4n) is 3.07. The molecule has 4 heteroatoms. The normalized spacial score (nSPS) is 13.9. The molecule has 2 aromatic carbocycles. The fourth-order valence-corrected chi connectivity index (χ4v) is 3.07. The van der Waals surface area contributed by atoms with Crippen LogP contribution in [0, 0.1) is 6.92 Å². The molecule has 0 aliphatic carbocycles. The molecule has 0 atom stereocenters. The Morgan fingerprint density at radius 2 is 2.04 bits per heavy atom. The number of nitrogens with one attached hydrogen (secondary N) is 1. The average molecular weight is 304 g/mol. The van der Waals surface area contributed by atoms with Gasteiger partial charge in [-0.15, -0.1) is 0 Å². The Labute approximate surface area is 134 Å². The van der Waals surface area contributed by atoms with E-state index in [4.69, 9.17) is 4.74 Å². The maximum absolute atomic E-state index is 12.2. The number of hydrogen-bond donors (Lipinski definition) is 1. The maximum Gasteiger partial charge on any atom is 0.255 e. The second kappa shape index (κ2) is 5.39. The topological polar surface area (TPSA) is 51.2 Å². The quantitative estimate of drug-likeness (QED) is 0.750. The lowest BCUT2D eigenvalue weighted by atomic mass is 9.96. The van der Waals surface area contributed by atoms with Gasteiger partial charge < -0.3 is 10.1 Å². The Hall–Kier alpha value is -2.88. The first kappa shape index (κ1) is 13.8. The van der Waals surface area contributed by atoms with E-state index in [1.165, 1.54) is 0 Å². The molecule has 0 radical (unpaired) electrons. The number of carbonyl (C=O) groups excluding carboxylic acids is 1. The molecule has 1 aliphatic heterocycles. The number of ether oxygens (including phenoxy) is 1. The standard InChI is InChI=1S/C19H16N2O2/c1-12-18-13(7-8-20-12)3-2-4-15(18)14-5-6-17-16(11-14)19(22)21-9-10-23-17/h2-8,11H,9-10H2,1H3,(H,21,22). The number of fused-ring (bicyclic) bond motifs is 2. The Balaban J connectivity index is 1.94. The maximum atomic E-state index is 12.2. The molecular weight excluding hydrogens is 288 g/mol. The molecule has 4 nitrogen and oxygen atoms in total. The molecule has 1 aliphatic rings. The second-order valence-corrected chi connectivity index (χ2v) is 5.62. The highest BCUT2D eigenvalue weighted by Gasteiger charge is 2.18. The van der Waals surface area contributed by atoms with Crippen LogP contribution in [0.1, 0.15) is 16.1 Å². The summed E-state index contributed by atoms with van der Waals surface area (Å²) in [7, 11) is 0. The van der Waals surface area contributed by atoms with Gasteiger partial charge in [-0.05, 0) is 41.6 Å². The third-order valence-electron chi connectivity index (χ3n) is 4.16. The van der Waals surface area contributed by atoms with Crippen LogP contribution in [0.3, 0.4) is 0 Å². The highest BCUT2D eigenvalue weighted by molar-refractivity contribution is 6.02. The van der Waals surface area contributed by atoms with Crippen LogP contribution in [0.15, 0.2) is 48.7 Å². The molecule has 3 aromatic rings. The predicted molar refractivity (Wildman–Crippen MR) is 89.7 cm³/mol. The van der Waals surface area contributed by atoms with Gasteiger partial charge in [0.05, 0.1) is 12.1 Å². The van der Waals surface area contributed by atoms with Crippen LogP contribution in [0.4, 0.5) is 0 Å². The van der Waals surface area contributed by atoms with Gasteiger partial charge in [0.25, 0.3) is 5.91 Å². The molecule has 1 N–H and O–H groups in total. The minimum atomic E-state index is -0.0885. The van der Waals surface area contributed by atoms with Crippen molar-refractivity contribution in [2.75, 3.05) is 13.2 Å². The molecule has 0 spiro atoms. The molecule has 23 heavy (non-hydrogen) atoms. The van der Waals surface area contributed by atoms with Gasteiger partial charge in [-0.25, -0.2) is 0 Å². The van der Waals surface area contributed by atoms with Crippen LogP contribution in [0.5, 0.6) is 5.75 Å². The van der Waals surface area contributed by atoms with Gasteiger partial charge in [0, 0.05) is 17.3 Å². The monoisotopic (exact) mass is 304 g/mol. The summed E-state index contributed by atoms with van der Waals surface area (Å²) in [5.41, 5.74) is 3.63. The summed E-state index contributed by atoms with van der Waals surface area (Å²) in [6, 6.07) is 13.9. The van der Waals surface area contributed by atoms with E-state index in [0.29, 0.717) is 24.5 Å². The van der Waals surface area contributed by atoms with Crippen LogP contribution in [0.2, 0.25) is 0 Å². The number of benzene rings is 2. The van der Waals surface area contributed by atoms with Gasteiger partial charge in [-0.1, -0.05) is 24.3 Å². The molecular formula is C19H16N2O2. The Morgan fingerprint density at radius 1 is 1.13 bits per heavy atom. The number of carbonyl (C=O) groups is 1. The van der Waals surface area contributed by atoms with Crippen molar-refractivity contribution in [1.82, 2.24) is 10.3 Å². The molecule has 1 amide bonds. The number of pyridine rings is 1. The number of amides is 1. The number of aryl methyl sites for hydroxylation is 1. The predicted octanol–water partition coefficient (Wildman–Crippen LogP) is 3.33. The van der Waals surface area contributed by atoms with Gasteiger partial charge in [0.1, 0.15) is 12.4 Å². The van der Waals surface area contributed by atoms with Gasteiger partial charge in [0.15, 0.2) is 0 Å². The lowest BCUT2D eigenvalue weighted by molar-refractivity contribution is 0.0957. The molecule has 0 fully saturated rings. The van der Waals surface area contributed by atoms with Crippen LogP contribution in [-0.2, 0) is 0 Å². The van der Waals surface area contributed by atoms with Gasteiger partial charge in [-0.2, -0.15) is 0 Å². The van der Waals surface area contributed by atoms with E-state index in [0.717, 1.165) is 27.6 Å². The zero-order chi connectivity index (χ0) is 15.8. The Morgan fingerprint density at radius 3 is 2.96 bits per heavy atom. The Bertz CT molecular complexity index is 913. The highest BCUT2D eigenvalue weighted by atomic mass is 16.5. The lowest BCUT2D eigenvalue weighted by Crippen LogP contribution is -2.24. The van der Waals surface area contributed by atoms with Crippen molar-refractivity contribution in [1.29, 1.82) is 0 Å². The molecule has 0 unspecified atom stereocenters. The molecule has 4 rings (SSSR count). The van der Waals surface area contributed by atoms with Gasteiger partial charge in [-0.3, -0.25) is 9.78 Å². The molecule has 0 saturated heterocycles. The summed E-state index contributed by atoms with van der Waals surface area (Å²) in [5.74, 6) is 0.549. The van der Waals surface area contributed by atoms with Crippen molar-refractivity contribution in [2.24, 2.45) is 0 Å². The summed E-state index contributed by atoms with van der Waals surface area (Å²) in [6.45, 7) is 3.03. The van der Waals surface area contributed by atoms with Crippen molar-refractivity contribution in [2.45, 2.75) is 6.92 Å². The summed E-state index contributed by atoms with van der Waals surface area (Å²) < 4.78 is 5.63. The van der Waals surface area contributed by atoms with E-state index in [2.05, 4.69) is 22.4 Å². The zero-order valence-electron chi connectivity index (χ0n) is 12.8. The van der Waals surface area contributed by atoms with Crippen molar-refractivity contribution in [3.63, 3.8) is 0 Å². The highest BCUT2D eigenvalue weighted by Crippen LogP contribution is 2.33. The summed E-state index contributed by atoms with van der Waals surface area (Å²) >= 11 is 0. The Kier molecular flexibility index (Phi) is 3.23. The smallest absolute Gasteiger partial charge is 0.255 e. The average Bonchev–Trinajstić information content (AvgIpc) is 2.76. The first-order chi connectivity index (χ1) is 11.2. The van der Waals surface area contributed by atoms with E-state index >= 15 is 0 Å². The second-order valence-electron chi connectivity index (χ2n) is 5.62. The van der Waals surface area contributed by atoms with E-state index in [1.807, 2.05) is 43.5 Å². The largest absolute Gasteiger partial charge is 0.491 e. The molecule has 1 aromatic heterocycles. The van der Waals surface area contributed by atoms with Crippen LogP contribution in [-0.4, -0.2) is 24.0 Å². The molecule has 0 bridgehead atoms. The number of aromatic nitrogens is 1. The van der Waals surface area contributed by atoms with Crippen molar-refractivity contribution in [3.05, 3.63) is 59.9 Å². The van der Waals surface area contributed by atoms with Crippen LogP contribution >= 0.6 is 0 Å². The SMILES string of the molecule is Cc1nccc2cccc(-c3ccc4c(c3)C(=O)NCCO4)c12. The number of nitrogens with zero attached hydrogens (tertiary/aromatic N) is 1. The summed E-state index contributed by atoms with van der Waals surface area (Å²) in [5, 5.41) is 5.11. The third kappa shape index (κ3) is 2.32. The van der Waals surface area contributed by atoms with Crippen molar-refractivity contribution >= 4 is 16.7 Å². The zero-order valence-corrected chi connectivity index (χ0v) is 12.8. The number of hydrogen-bond acceptors (Lipinski definition) is 3. The first-order valence-corrected chi connectivity index (χ1v) is 7.64. The lowest BCUT2D eigenvalue weighted by Gasteiger charge is -2.11. The van der Waals surface area contributed by atoms with Crippen LogP contribution < -0.4 is 10.1 Å². The number of rotatable bonds is 1. The van der Waals surface area contributed by atoms with Crippen molar-refractivity contribution < 1.29 is 9.53 Å². The summed E-state index contributed by atoms with van der Waals surface area (Å²) in [6.07, 6.45) is 1.82. The van der Waals surface area contributed by atoms with E-state index in [1.54, 1.807) is 0 Å². The van der Waals surface area contributed by atoms with Crippen molar-refractivity contribution in [3.8, 4) is 16.9 Å². The van der Waals surface area contributed by atoms with E-state index < -0.39 is 0 Å². The van der Waals surface area contributed by atoms with E-state index in [-0.39, 0.29) is 5.91 Å². The van der Waals surface area contributed by atoms with Crippen LogP contribution in [0.25, 0.3) is 21.9 Å². The third-order valence-corrected chi connectivity index (χ3v) is 4.16. The molecule has 2 heterocycles. The fraction of sp³-hybridized carbons (Fsp3) is 0.158. The van der Waals surface area contributed by atoms with Gasteiger partial charge in [0.2, 0.25) is 0 Å². The van der Waals surface area contributed by atoms with Gasteiger partial charge >= 0.3 is 0 Å². The molecule has 114 valence electrons. The first-order valence-electron chi connectivity index (χ1n) is 7.64. The minimum Gasteiger partial charge on any atom is -0.491 e. The molecule has 0 saturated carbocycles. The minimum absolute atomic E-state index is 0.0885. The summed E-state index contributed by atoms with van der Waals surface area (Å²) in [4.78, 5) is 16.6. The van der Waals surface area contributed by atoms with E-state index in [9.17, 15) is 4.79 Å².